The van der Waals surface area contributed by atoms with Gasteiger partial charge < -0.3 is 14.2 Å². The number of rotatable bonds is 5. The number of ether oxygens (including phenoxy) is 3. The lowest BCUT2D eigenvalue weighted by Gasteiger charge is -2.09. The van der Waals surface area contributed by atoms with E-state index in [2.05, 4.69) is 0 Å². The Balaban J connectivity index is 1.43. The van der Waals surface area contributed by atoms with Gasteiger partial charge in [-0.2, -0.15) is 0 Å². The zero-order valence-electron chi connectivity index (χ0n) is 10.9. The summed E-state index contributed by atoms with van der Waals surface area (Å²) in [5.74, 6) is 2.22. The summed E-state index contributed by atoms with van der Waals surface area (Å²) in [6.07, 6.45) is 3.69. The minimum Gasteiger partial charge on any atom is -0.454 e. The Morgan fingerprint density at radius 3 is 3.00 bits per heavy atom. The molecule has 1 unspecified atom stereocenters. The molecule has 1 atom stereocenters. The Labute approximate surface area is 112 Å². The molecule has 1 aromatic carbocycles. The summed E-state index contributed by atoms with van der Waals surface area (Å²) in [5, 5.41) is 0. The summed E-state index contributed by atoms with van der Waals surface area (Å²) < 4.78 is 16.2. The Bertz CT molecular complexity index is 469. The van der Waals surface area contributed by atoms with Gasteiger partial charge in [-0.05, 0) is 37.0 Å². The molecule has 102 valence electrons. The predicted molar refractivity (Wildman–Crippen MR) is 69.2 cm³/mol. The molecular formula is C15H18O4. The van der Waals surface area contributed by atoms with Gasteiger partial charge in [-0.15, -0.1) is 0 Å². The lowest BCUT2D eigenvalue weighted by molar-refractivity contribution is -0.121. The lowest BCUT2D eigenvalue weighted by atomic mass is 10.0. The second-order valence-electron chi connectivity index (χ2n) is 5.08. The number of fused-ring (bicyclic) bond motifs is 1. The highest BCUT2D eigenvalue weighted by molar-refractivity contribution is 5.82. The fraction of sp³-hybridized carbons (Fsp3) is 0.533. The van der Waals surface area contributed by atoms with E-state index in [0.717, 1.165) is 42.7 Å². The first kappa shape index (κ1) is 12.5. The summed E-state index contributed by atoms with van der Waals surface area (Å²) in [7, 11) is 0. The second kappa shape index (κ2) is 5.61. The second-order valence-corrected chi connectivity index (χ2v) is 5.08. The van der Waals surface area contributed by atoms with Crippen LogP contribution in [0.4, 0.5) is 0 Å². The van der Waals surface area contributed by atoms with Crippen LogP contribution < -0.4 is 9.47 Å². The van der Waals surface area contributed by atoms with Crippen molar-refractivity contribution < 1.29 is 19.0 Å². The summed E-state index contributed by atoms with van der Waals surface area (Å²) in [5.41, 5.74) is 1.07. The van der Waals surface area contributed by atoms with Crippen LogP contribution in [-0.2, 0) is 16.1 Å². The Morgan fingerprint density at radius 2 is 2.16 bits per heavy atom. The van der Waals surface area contributed by atoms with E-state index in [0.29, 0.717) is 25.8 Å². The zero-order chi connectivity index (χ0) is 13.1. The number of hydrogen-bond donors (Lipinski definition) is 0. The van der Waals surface area contributed by atoms with E-state index in [9.17, 15) is 4.79 Å². The van der Waals surface area contributed by atoms with Gasteiger partial charge in [-0.25, -0.2) is 0 Å². The van der Waals surface area contributed by atoms with E-state index in [4.69, 9.17) is 14.2 Å². The topological polar surface area (TPSA) is 44.8 Å². The van der Waals surface area contributed by atoms with Crippen molar-refractivity contribution in [2.24, 2.45) is 5.92 Å². The molecule has 0 N–H and O–H groups in total. The van der Waals surface area contributed by atoms with Crippen LogP contribution >= 0.6 is 0 Å². The molecule has 3 rings (SSSR count). The number of carbonyl (C=O) groups excluding carboxylic acids is 1. The molecule has 0 radical (unpaired) electrons. The predicted octanol–water partition coefficient (Wildman–Crippen LogP) is 2.69. The van der Waals surface area contributed by atoms with Gasteiger partial charge in [0.25, 0.3) is 0 Å². The largest absolute Gasteiger partial charge is 0.454 e. The van der Waals surface area contributed by atoms with E-state index in [1.165, 1.54) is 0 Å². The highest BCUT2D eigenvalue weighted by Gasteiger charge is 2.23. The van der Waals surface area contributed by atoms with Gasteiger partial charge in [0.1, 0.15) is 5.78 Å². The Morgan fingerprint density at radius 1 is 1.26 bits per heavy atom. The molecule has 0 saturated heterocycles. The van der Waals surface area contributed by atoms with Crippen molar-refractivity contribution in [3.05, 3.63) is 23.8 Å². The maximum atomic E-state index is 11.5. The van der Waals surface area contributed by atoms with Crippen LogP contribution in [0.3, 0.4) is 0 Å². The average molecular weight is 262 g/mol. The maximum absolute atomic E-state index is 11.5. The molecular weight excluding hydrogens is 244 g/mol. The molecule has 1 saturated carbocycles. The van der Waals surface area contributed by atoms with Crippen molar-refractivity contribution in [3.63, 3.8) is 0 Å². The number of carbonyl (C=O) groups is 1. The van der Waals surface area contributed by atoms with Crippen molar-refractivity contribution in [2.45, 2.75) is 32.3 Å². The van der Waals surface area contributed by atoms with Crippen molar-refractivity contribution in [3.8, 4) is 11.5 Å². The first-order valence-corrected chi connectivity index (χ1v) is 6.82. The molecule has 1 aromatic rings. The molecule has 0 spiro atoms. The number of hydrogen-bond acceptors (Lipinski definition) is 4. The van der Waals surface area contributed by atoms with E-state index in [1.54, 1.807) is 0 Å². The molecule has 2 aliphatic rings. The third-order valence-corrected chi connectivity index (χ3v) is 3.75. The van der Waals surface area contributed by atoms with Gasteiger partial charge in [0.15, 0.2) is 11.5 Å². The van der Waals surface area contributed by atoms with Crippen molar-refractivity contribution in [1.29, 1.82) is 0 Å². The molecule has 1 aliphatic carbocycles. The number of benzene rings is 1. The monoisotopic (exact) mass is 262 g/mol. The molecule has 1 aliphatic heterocycles. The molecule has 4 nitrogen and oxygen atoms in total. The van der Waals surface area contributed by atoms with Gasteiger partial charge in [-0.3, -0.25) is 4.79 Å². The first-order valence-electron chi connectivity index (χ1n) is 6.82. The quantitative estimate of drug-likeness (QED) is 0.765. The molecule has 19 heavy (non-hydrogen) atoms. The van der Waals surface area contributed by atoms with Gasteiger partial charge in [0.2, 0.25) is 6.79 Å². The molecule has 0 aromatic heterocycles. The SMILES string of the molecule is O=C1CCCC1CCOCc1ccc2c(c1)OCO2. The first-order chi connectivity index (χ1) is 9.33. The lowest BCUT2D eigenvalue weighted by Crippen LogP contribution is -2.09. The van der Waals surface area contributed by atoms with Crippen molar-refractivity contribution in [2.75, 3.05) is 13.4 Å². The van der Waals surface area contributed by atoms with Crippen LogP contribution in [0.5, 0.6) is 11.5 Å². The number of Topliss-reactive ketones (excluding diaryl/α,β-unsaturated/α-hetero) is 1. The van der Waals surface area contributed by atoms with Crippen LogP contribution in [0.15, 0.2) is 18.2 Å². The van der Waals surface area contributed by atoms with Gasteiger partial charge in [-0.1, -0.05) is 6.07 Å². The normalized spacial score (nSPS) is 21.1. The average Bonchev–Trinajstić information content (AvgIpc) is 3.03. The summed E-state index contributed by atoms with van der Waals surface area (Å²) in [6.45, 7) is 1.49. The Kier molecular flexibility index (Phi) is 3.69. The number of ketones is 1. The van der Waals surface area contributed by atoms with Crippen molar-refractivity contribution >= 4 is 5.78 Å². The molecule has 0 amide bonds. The van der Waals surface area contributed by atoms with E-state index in [-0.39, 0.29) is 5.92 Å². The van der Waals surface area contributed by atoms with E-state index >= 15 is 0 Å². The van der Waals surface area contributed by atoms with Crippen LogP contribution in [0.2, 0.25) is 0 Å². The zero-order valence-corrected chi connectivity index (χ0v) is 10.9. The summed E-state index contributed by atoms with van der Waals surface area (Å²) in [6, 6.07) is 5.83. The van der Waals surface area contributed by atoms with Crippen LogP contribution in [0.25, 0.3) is 0 Å². The van der Waals surface area contributed by atoms with E-state index in [1.807, 2.05) is 18.2 Å². The maximum Gasteiger partial charge on any atom is 0.231 e. The third kappa shape index (κ3) is 2.89. The van der Waals surface area contributed by atoms with Gasteiger partial charge in [0.05, 0.1) is 6.61 Å². The highest BCUT2D eigenvalue weighted by atomic mass is 16.7. The van der Waals surface area contributed by atoms with Gasteiger partial charge in [0, 0.05) is 18.9 Å². The summed E-state index contributed by atoms with van der Waals surface area (Å²) in [4.78, 5) is 11.5. The minimum absolute atomic E-state index is 0.233. The standard InChI is InChI=1S/C15H18O4/c16-13-3-1-2-12(13)6-7-17-9-11-4-5-14-15(8-11)19-10-18-14/h4-5,8,12H,1-3,6-7,9-10H2. The molecule has 0 bridgehead atoms. The summed E-state index contributed by atoms with van der Waals surface area (Å²) >= 11 is 0. The Hall–Kier alpha value is -1.55. The van der Waals surface area contributed by atoms with Crippen LogP contribution in [0.1, 0.15) is 31.2 Å². The molecule has 1 fully saturated rings. The van der Waals surface area contributed by atoms with Crippen LogP contribution in [-0.4, -0.2) is 19.2 Å². The fourth-order valence-electron chi connectivity index (χ4n) is 2.64. The van der Waals surface area contributed by atoms with Crippen LogP contribution in [0, 0.1) is 5.92 Å². The third-order valence-electron chi connectivity index (χ3n) is 3.75. The fourth-order valence-corrected chi connectivity index (χ4v) is 2.64. The van der Waals surface area contributed by atoms with Crippen molar-refractivity contribution in [1.82, 2.24) is 0 Å². The van der Waals surface area contributed by atoms with E-state index < -0.39 is 0 Å². The minimum atomic E-state index is 0.233. The smallest absolute Gasteiger partial charge is 0.231 e. The van der Waals surface area contributed by atoms with Gasteiger partial charge >= 0.3 is 0 Å². The highest BCUT2D eigenvalue weighted by Crippen LogP contribution is 2.32. The molecule has 4 heteroatoms. The molecule has 1 heterocycles.